The fraction of sp³-hybridized carbons (Fsp3) is 1.00. The van der Waals surface area contributed by atoms with Crippen LogP contribution >= 0.6 is 0 Å². The van der Waals surface area contributed by atoms with Crippen LogP contribution < -0.4 is 0 Å². The first-order chi connectivity index (χ1) is 5.95. The lowest BCUT2D eigenvalue weighted by Crippen LogP contribution is -2.39. The molecule has 0 aromatic carbocycles. The van der Waals surface area contributed by atoms with Gasteiger partial charge in [-0.05, 0) is 19.6 Å². The van der Waals surface area contributed by atoms with Crippen LogP contribution in [-0.2, 0) is 4.74 Å². The zero-order chi connectivity index (χ0) is 10.3. The molecule has 0 aromatic rings. The summed E-state index contributed by atoms with van der Waals surface area (Å²) >= 11 is 0. The summed E-state index contributed by atoms with van der Waals surface area (Å²) in [6, 6.07) is 0. The molecule has 0 N–H and O–H groups in total. The molecule has 0 atom stereocenters. The van der Waals surface area contributed by atoms with Crippen molar-refractivity contribution in [1.82, 2.24) is 4.90 Å². The molecule has 0 aliphatic carbocycles. The lowest BCUT2D eigenvalue weighted by Gasteiger charge is -2.24. The molecule has 0 spiro atoms. The van der Waals surface area contributed by atoms with Crippen LogP contribution in [-0.4, -0.2) is 39.5 Å². The Bertz CT molecular complexity index is 123. The number of rotatable bonds is 7. The normalized spacial score (nSPS) is 12.5. The number of ether oxygens (including phenoxy) is 1. The summed E-state index contributed by atoms with van der Waals surface area (Å²) in [5, 5.41) is 0. The predicted octanol–water partition coefficient (Wildman–Crippen LogP) is 2.57. The van der Waals surface area contributed by atoms with E-state index in [4.69, 9.17) is 4.74 Å². The Morgan fingerprint density at radius 2 is 1.85 bits per heavy atom. The molecule has 0 aromatic heterocycles. The average molecular weight is 203 g/mol. The van der Waals surface area contributed by atoms with Crippen molar-refractivity contribution in [2.45, 2.75) is 39.4 Å². The first-order valence-corrected chi connectivity index (χ1v) is 8.92. The van der Waals surface area contributed by atoms with Gasteiger partial charge in [0.25, 0.3) is 0 Å². The molecule has 0 rings (SSSR count). The first kappa shape index (κ1) is 13.1. The Labute approximate surface area is 84.3 Å². The SMILES string of the molecule is CCCCOCN(C)C[Si](C)(C)C. The molecular formula is C10H25NOSi. The van der Waals surface area contributed by atoms with E-state index in [1.165, 1.54) is 19.0 Å². The van der Waals surface area contributed by atoms with Crippen molar-refractivity contribution in [2.75, 3.05) is 26.6 Å². The molecule has 2 nitrogen and oxygen atoms in total. The van der Waals surface area contributed by atoms with Gasteiger partial charge in [0.15, 0.2) is 0 Å². The van der Waals surface area contributed by atoms with Crippen LogP contribution in [0.25, 0.3) is 0 Å². The van der Waals surface area contributed by atoms with E-state index < -0.39 is 8.07 Å². The van der Waals surface area contributed by atoms with Crippen molar-refractivity contribution in [3.8, 4) is 0 Å². The standard InChI is InChI=1S/C10H25NOSi/c1-6-7-8-12-9-11(2)10-13(3,4)5/h6-10H2,1-5H3. The molecule has 0 fully saturated rings. The summed E-state index contributed by atoms with van der Waals surface area (Å²) in [6.07, 6.45) is 3.62. The van der Waals surface area contributed by atoms with E-state index in [-0.39, 0.29) is 0 Å². The molecule has 0 bridgehead atoms. The maximum absolute atomic E-state index is 5.53. The fourth-order valence-electron chi connectivity index (χ4n) is 1.32. The maximum Gasteiger partial charge on any atom is 0.0985 e. The third-order valence-corrected chi connectivity index (χ3v) is 3.19. The topological polar surface area (TPSA) is 12.5 Å². The zero-order valence-electron chi connectivity index (χ0n) is 9.89. The molecule has 0 aliphatic rings. The Morgan fingerprint density at radius 1 is 1.23 bits per heavy atom. The third kappa shape index (κ3) is 10.1. The fourth-order valence-corrected chi connectivity index (χ4v) is 3.03. The van der Waals surface area contributed by atoms with Crippen LogP contribution in [0.2, 0.25) is 19.6 Å². The Balaban J connectivity index is 3.35. The van der Waals surface area contributed by atoms with E-state index in [1.807, 2.05) is 0 Å². The van der Waals surface area contributed by atoms with E-state index in [0.717, 1.165) is 13.3 Å². The van der Waals surface area contributed by atoms with Gasteiger partial charge in [-0.25, -0.2) is 0 Å². The van der Waals surface area contributed by atoms with Crippen LogP contribution in [0, 0.1) is 0 Å². The largest absolute Gasteiger partial charge is 0.366 e. The van der Waals surface area contributed by atoms with Gasteiger partial charge in [-0.15, -0.1) is 0 Å². The summed E-state index contributed by atoms with van der Waals surface area (Å²) in [5.74, 6) is 0. The second-order valence-electron chi connectivity index (χ2n) is 4.97. The molecular weight excluding hydrogens is 178 g/mol. The quantitative estimate of drug-likeness (QED) is 0.358. The van der Waals surface area contributed by atoms with Crippen molar-refractivity contribution in [3.63, 3.8) is 0 Å². The van der Waals surface area contributed by atoms with Crippen molar-refractivity contribution >= 4 is 8.07 Å². The highest BCUT2D eigenvalue weighted by Crippen LogP contribution is 2.02. The van der Waals surface area contributed by atoms with Gasteiger partial charge in [0.1, 0.15) is 0 Å². The van der Waals surface area contributed by atoms with Gasteiger partial charge in [0.2, 0.25) is 0 Å². The highest BCUT2D eigenvalue weighted by molar-refractivity contribution is 6.76. The van der Waals surface area contributed by atoms with Crippen molar-refractivity contribution < 1.29 is 4.74 Å². The maximum atomic E-state index is 5.53. The van der Waals surface area contributed by atoms with Gasteiger partial charge in [-0.2, -0.15) is 0 Å². The molecule has 13 heavy (non-hydrogen) atoms. The minimum absolute atomic E-state index is 0.796. The molecule has 0 saturated carbocycles. The summed E-state index contributed by atoms with van der Waals surface area (Å²) in [6.45, 7) is 11.0. The Morgan fingerprint density at radius 3 is 2.31 bits per heavy atom. The lowest BCUT2D eigenvalue weighted by molar-refractivity contribution is 0.0496. The van der Waals surface area contributed by atoms with E-state index in [9.17, 15) is 0 Å². The van der Waals surface area contributed by atoms with Crippen LogP contribution in [0.4, 0.5) is 0 Å². The van der Waals surface area contributed by atoms with Crippen molar-refractivity contribution in [2.24, 2.45) is 0 Å². The number of unbranched alkanes of at least 4 members (excludes halogenated alkanes) is 1. The summed E-state index contributed by atoms with van der Waals surface area (Å²) in [7, 11) is 1.20. The second kappa shape index (κ2) is 6.57. The van der Waals surface area contributed by atoms with Gasteiger partial charge >= 0.3 is 0 Å². The van der Waals surface area contributed by atoms with E-state index >= 15 is 0 Å². The average Bonchev–Trinajstić information content (AvgIpc) is 1.94. The molecule has 0 radical (unpaired) electrons. The van der Waals surface area contributed by atoms with E-state index in [1.54, 1.807) is 0 Å². The summed E-state index contributed by atoms with van der Waals surface area (Å²) in [4.78, 5) is 2.29. The van der Waals surface area contributed by atoms with Crippen LogP contribution in [0.3, 0.4) is 0 Å². The van der Waals surface area contributed by atoms with Gasteiger partial charge in [0, 0.05) is 6.61 Å². The van der Waals surface area contributed by atoms with E-state index in [2.05, 4.69) is 38.5 Å². The molecule has 0 aliphatic heterocycles. The lowest BCUT2D eigenvalue weighted by atomic mass is 10.4. The number of hydrogen-bond donors (Lipinski definition) is 0. The van der Waals surface area contributed by atoms with Crippen molar-refractivity contribution in [3.05, 3.63) is 0 Å². The third-order valence-electron chi connectivity index (χ3n) is 1.70. The zero-order valence-corrected chi connectivity index (χ0v) is 10.9. The molecule has 0 heterocycles. The highest BCUT2D eigenvalue weighted by Gasteiger charge is 2.15. The molecule has 0 saturated heterocycles. The second-order valence-corrected chi connectivity index (χ2v) is 10.4. The first-order valence-electron chi connectivity index (χ1n) is 5.22. The molecule has 0 amide bonds. The summed E-state index contributed by atoms with van der Waals surface area (Å²) in [5.41, 5.74) is 0. The van der Waals surface area contributed by atoms with Crippen LogP contribution in [0.5, 0.6) is 0 Å². The van der Waals surface area contributed by atoms with Crippen molar-refractivity contribution in [1.29, 1.82) is 0 Å². The van der Waals surface area contributed by atoms with Gasteiger partial charge < -0.3 is 4.74 Å². The minimum Gasteiger partial charge on any atom is -0.366 e. The van der Waals surface area contributed by atoms with E-state index in [0.29, 0.717) is 0 Å². The Hall–Kier alpha value is 0.137. The predicted molar refractivity (Wildman–Crippen MR) is 61.7 cm³/mol. The number of hydrogen-bond acceptors (Lipinski definition) is 2. The highest BCUT2D eigenvalue weighted by atomic mass is 28.3. The minimum atomic E-state index is -0.943. The monoisotopic (exact) mass is 203 g/mol. The smallest absolute Gasteiger partial charge is 0.0985 e. The van der Waals surface area contributed by atoms with Crippen LogP contribution in [0.15, 0.2) is 0 Å². The molecule has 0 unspecified atom stereocenters. The van der Waals surface area contributed by atoms with Gasteiger partial charge in [0.05, 0.1) is 14.8 Å². The van der Waals surface area contributed by atoms with Crippen LogP contribution in [0.1, 0.15) is 19.8 Å². The molecule has 3 heteroatoms. The Kier molecular flexibility index (Phi) is 6.64. The summed E-state index contributed by atoms with van der Waals surface area (Å²) < 4.78 is 5.53. The van der Waals surface area contributed by atoms with Gasteiger partial charge in [-0.1, -0.05) is 33.0 Å². The van der Waals surface area contributed by atoms with Gasteiger partial charge in [-0.3, -0.25) is 4.90 Å². The molecule has 80 valence electrons. The number of nitrogens with zero attached hydrogens (tertiary/aromatic N) is 1.